The van der Waals surface area contributed by atoms with E-state index in [9.17, 15) is 17.6 Å². The van der Waals surface area contributed by atoms with Crippen LogP contribution in [0.1, 0.15) is 16.1 Å². The Bertz CT molecular complexity index is 766. The molecule has 20 heavy (non-hydrogen) atoms. The highest BCUT2D eigenvalue weighted by Crippen LogP contribution is 2.21. The lowest BCUT2D eigenvalue weighted by molar-refractivity contribution is 0.0656. The molecule has 0 radical (unpaired) electrons. The number of sulfonamides is 1. The van der Waals surface area contributed by atoms with Crippen LogP contribution in [0.4, 0.5) is 10.1 Å². The molecule has 0 amide bonds. The number of hydrogen-bond donors (Lipinski definition) is 2. The topological polar surface area (TPSA) is 96.6 Å². The Hall–Kier alpha value is -2.35. The molecule has 6 nitrogen and oxygen atoms in total. The second-order valence-corrected chi connectivity index (χ2v) is 5.60. The fourth-order valence-corrected chi connectivity index (χ4v) is 2.58. The lowest BCUT2D eigenvalue weighted by atomic mass is 10.2. The lowest BCUT2D eigenvalue weighted by Crippen LogP contribution is -2.13. The molecule has 1 heterocycles. The average molecular weight is 299 g/mol. The van der Waals surface area contributed by atoms with Gasteiger partial charge in [-0.2, -0.15) is 8.42 Å². The van der Waals surface area contributed by atoms with Crippen molar-refractivity contribution in [2.45, 2.75) is 12.0 Å². The molecule has 2 rings (SSSR count). The summed E-state index contributed by atoms with van der Waals surface area (Å²) in [5, 5.41) is 8.15. The Morgan fingerprint density at radius 3 is 2.55 bits per heavy atom. The number of carbonyl (C=O) groups is 1. The van der Waals surface area contributed by atoms with E-state index in [1.54, 1.807) is 0 Å². The van der Waals surface area contributed by atoms with Crippen molar-refractivity contribution in [1.29, 1.82) is 0 Å². The fraction of sp³-hybridized carbons (Fsp3) is 0.0833. The number of anilines is 1. The van der Waals surface area contributed by atoms with Gasteiger partial charge < -0.3 is 9.52 Å². The maximum atomic E-state index is 12.9. The van der Waals surface area contributed by atoms with E-state index in [0.29, 0.717) is 5.56 Å². The van der Waals surface area contributed by atoms with E-state index in [1.165, 1.54) is 19.1 Å². The van der Waals surface area contributed by atoms with Crippen LogP contribution in [0.15, 0.2) is 39.8 Å². The molecular weight excluding hydrogens is 289 g/mol. The number of hydrogen-bond acceptors (Lipinski definition) is 4. The van der Waals surface area contributed by atoms with Gasteiger partial charge in [-0.1, -0.05) is 0 Å². The predicted octanol–water partition coefficient (Wildman–Crippen LogP) is 2.23. The number of furan rings is 1. The third-order valence-corrected chi connectivity index (χ3v) is 3.73. The Labute approximate surface area is 113 Å². The van der Waals surface area contributed by atoms with E-state index in [0.717, 1.165) is 18.2 Å². The Morgan fingerprint density at radius 2 is 2.00 bits per heavy atom. The van der Waals surface area contributed by atoms with Crippen LogP contribution in [-0.2, 0) is 10.0 Å². The van der Waals surface area contributed by atoms with Crippen molar-refractivity contribution < 1.29 is 27.1 Å². The van der Waals surface area contributed by atoms with Crippen LogP contribution in [0.25, 0.3) is 0 Å². The van der Waals surface area contributed by atoms with E-state index < -0.39 is 32.7 Å². The molecule has 0 saturated heterocycles. The maximum Gasteiger partial charge on any atom is 0.371 e. The van der Waals surface area contributed by atoms with Gasteiger partial charge >= 0.3 is 5.97 Å². The summed E-state index contributed by atoms with van der Waals surface area (Å²) in [5.41, 5.74) is 0.568. The Balaban J connectivity index is 2.33. The summed E-state index contributed by atoms with van der Waals surface area (Å²) < 4.78 is 43.8. The summed E-state index contributed by atoms with van der Waals surface area (Å²) in [7, 11) is -4.06. The number of benzene rings is 1. The first-order valence-corrected chi connectivity index (χ1v) is 6.90. The van der Waals surface area contributed by atoms with Gasteiger partial charge in [-0.25, -0.2) is 9.18 Å². The van der Waals surface area contributed by atoms with E-state index >= 15 is 0 Å². The molecule has 0 bridgehead atoms. The molecule has 0 atom stereocenters. The van der Waals surface area contributed by atoms with E-state index in [1.807, 2.05) is 0 Å². The molecular formula is C12H10FNO5S. The second-order valence-electron chi connectivity index (χ2n) is 3.99. The third-order valence-electron chi connectivity index (χ3n) is 2.49. The molecule has 1 aromatic heterocycles. The van der Waals surface area contributed by atoms with Gasteiger partial charge in [-0.15, -0.1) is 0 Å². The van der Waals surface area contributed by atoms with Gasteiger partial charge in [-0.3, -0.25) is 4.72 Å². The zero-order valence-corrected chi connectivity index (χ0v) is 11.1. The summed E-state index contributed by atoms with van der Waals surface area (Å²) in [6.45, 7) is 1.53. The molecule has 2 N–H and O–H groups in total. The fourth-order valence-electron chi connectivity index (χ4n) is 1.52. The minimum atomic E-state index is -4.06. The van der Waals surface area contributed by atoms with E-state index in [2.05, 4.69) is 4.72 Å². The van der Waals surface area contributed by atoms with Gasteiger partial charge in [0.1, 0.15) is 5.82 Å². The molecule has 106 valence electrons. The summed E-state index contributed by atoms with van der Waals surface area (Å²) in [5.74, 6) is -2.35. The van der Waals surface area contributed by atoms with Crippen molar-refractivity contribution in [2.24, 2.45) is 0 Å². The first-order chi connectivity index (χ1) is 9.29. The van der Waals surface area contributed by atoms with Gasteiger partial charge in [0.05, 0.1) is 5.69 Å². The SMILES string of the molecule is Cc1cc(F)ccc1NS(=O)(=O)c1ccc(C(=O)O)o1. The van der Waals surface area contributed by atoms with Gasteiger partial charge in [-0.05, 0) is 42.8 Å². The second kappa shape index (κ2) is 4.97. The van der Waals surface area contributed by atoms with Crippen molar-refractivity contribution >= 4 is 21.7 Å². The van der Waals surface area contributed by atoms with Crippen molar-refractivity contribution in [3.8, 4) is 0 Å². The molecule has 2 aromatic rings. The number of carboxylic acid groups (broad SMARTS) is 1. The predicted molar refractivity (Wildman–Crippen MR) is 67.6 cm³/mol. The summed E-state index contributed by atoms with van der Waals surface area (Å²) in [6.07, 6.45) is 0. The Kier molecular flexibility index (Phi) is 3.49. The average Bonchev–Trinajstić information content (AvgIpc) is 2.83. The number of carboxylic acids is 1. The highest BCUT2D eigenvalue weighted by atomic mass is 32.2. The van der Waals surface area contributed by atoms with Crippen molar-refractivity contribution in [3.05, 3.63) is 47.5 Å². The van der Waals surface area contributed by atoms with Gasteiger partial charge in [0.25, 0.3) is 10.0 Å². The number of nitrogens with one attached hydrogen (secondary N) is 1. The van der Waals surface area contributed by atoms with Crippen molar-refractivity contribution in [2.75, 3.05) is 4.72 Å². The van der Waals surface area contributed by atoms with Crippen LogP contribution in [0.3, 0.4) is 0 Å². The number of rotatable bonds is 4. The molecule has 0 saturated carbocycles. The highest BCUT2D eigenvalue weighted by Gasteiger charge is 2.21. The van der Waals surface area contributed by atoms with Crippen molar-refractivity contribution in [3.63, 3.8) is 0 Å². The van der Waals surface area contributed by atoms with Crippen LogP contribution in [0.5, 0.6) is 0 Å². The Morgan fingerprint density at radius 1 is 1.30 bits per heavy atom. The number of aromatic carboxylic acids is 1. The summed E-state index contributed by atoms with van der Waals surface area (Å²) in [6, 6.07) is 5.61. The number of halogens is 1. The zero-order chi connectivity index (χ0) is 14.9. The highest BCUT2D eigenvalue weighted by molar-refractivity contribution is 7.92. The van der Waals surface area contributed by atoms with E-state index in [4.69, 9.17) is 9.52 Å². The van der Waals surface area contributed by atoms with Crippen LogP contribution in [-0.4, -0.2) is 19.5 Å². The van der Waals surface area contributed by atoms with Crippen LogP contribution < -0.4 is 4.72 Å². The number of aryl methyl sites for hydroxylation is 1. The minimum Gasteiger partial charge on any atom is -0.475 e. The lowest BCUT2D eigenvalue weighted by Gasteiger charge is -2.08. The van der Waals surface area contributed by atoms with Gasteiger partial charge in [0.2, 0.25) is 10.9 Å². The molecule has 0 spiro atoms. The molecule has 0 aliphatic heterocycles. The van der Waals surface area contributed by atoms with E-state index in [-0.39, 0.29) is 5.69 Å². The molecule has 0 unspecified atom stereocenters. The maximum absolute atomic E-state index is 12.9. The van der Waals surface area contributed by atoms with Crippen LogP contribution in [0.2, 0.25) is 0 Å². The third kappa shape index (κ3) is 2.80. The molecule has 8 heteroatoms. The molecule has 0 fully saturated rings. The van der Waals surface area contributed by atoms with Crippen molar-refractivity contribution in [1.82, 2.24) is 0 Å². The largest absolute Gasteiger partial charge is 0.475 e. The monoisotopic (exact) mass is 299 g/mol. The first-order valence-electron chi connectivity index (χ1n) is 5.42. The van der Waals surface area contributed by atoms with Gasteiger partial charge in [0, 0.05) is 0 Å². The van der Waals surface area contributed by atoms with Gasteiger partial charge in [0.15, 0.2) is 0 Å². The quantitative estimate of drug-likeness (QED) is 0.902. The normalized spacial score (nSPS) is 11.3. The minimum absolute atomic E-state index is 0.180. The zero-order valence-electron chi connectivity index (χ0n) is 10.3. The first kappa shape index (κ1) is 14.1. The molecule has 0 aliphatic carbocycles. The molecule has 0 aliphatic rings. The standard InChI is InChI=1S/C12H10FNO5S/c1-7-6-8(13)2-3-9(7)14-20(17,18)11-5-4-10(19-11)12(15)16/h2-6,14H,1H3,(H,15,16). The smallest absolute Gasteiger partial charge is 0.371 e. The van der Waals surface area contributed by atoms with Crippen LogP contribution >= 0.6 is 0 Å². The van der Waals surface area contributed by atoms with Crippen LogP contribution in [0, 0.1) is 12.7 Å². The summed E-state index contributed by atoms with van der Waals surface area (Å²) in [4.78, 5) is 10.6. The molecule has 1 aromatic carbocycles. The summed E-state index contributed by atoms with van der Waals surface area (Å²) >= 11 is 0.